The van der Waals surface area contributed by atoms with E-state index in [-0.39, 0.29) is 23.4 Å². The van der Waals surface area contributed by atoms with Crippen LogP contribution >= 0.6 is 0 Å². The van der Waals surface area contributed by atoms with Crippen LogP contribution in [-0.4, -0.2) is 28.0 Å². The first-order valence-electron chi connectivity index (χ1n) is 6.03. The molecule has 0 saturated heterocycles. The first-order chi connectivity index (χ1) is 7.29. The Hall–Kier alpha value is -0.540. The van der Waals surface area contributed by atoms with E-state index in [1.807, 2.05) is 20.8 Å². The summed E-state index contributed by atoms with van der Waals surface area (Å²) in [6, 6.07) is 0. The third kappa shape index (κ3) is 1.98. The Balaban J connectivity index is 2.01. The van der Waals surface area contributed by atoms with Gasteiger partial charge < -0.3 is 14.9 Å². The third-order valence-corrected chi connectivity index (χ3v) is 3.77. The van der Waals surface area contributed by atoms with Gasteiger partial charge in [-0.2, -0.15) is 0 Å². The average molecular weight is 226 g/mol. The summed E-state index contributed by atoms with van der Waals surface area (Å²) in [4.78, 5) is 0. The molecule has 0 heterocycles. The molecule has 2 aliphatic carbocycles. The van der Waals surface area contributed by atoms with Crippen LogP contribution in [0, 0.1) is 17.8 Å². The van der Waals surface area contributed by atoms with Crippen molar-refractivity contribution in [3.8, 4) is 0 Å². The fourth-order valence-electron chi connectivity index (χ4n) is 3.14. The van der Waals surface area contributed by atoms with E-state index in [2.05, 4.69) is 6.58 Å². The zero-order valence-corrected chi connectivity index (χ0v) is 10.3. The zero-order chi connectivity index (χ0) is 12.1. The molecule has 0 spiro atoms. The predicted octanol–water partition coefficient (Wildman–Crippen LogP) is 1.69. The zero-order valence-electron chi connectivity index (χ0n) is 10.3. The fourth-order valence-corrected chi connectivity index (χ4v) is 3.14. The maximum atomic E-state index is 9.86. The van der Waals surface area contributed by atoms with E-state index in [1.54, 1.807) is 0 Å². The van der Waals surface area contributed by atoms with Gasteiger partial charge in [0.25, 0.3) is 0 Å². The third-order valence-electron chi connectivity index (χ3n) is 3.77. The number of hydrogen-bond acceptors (Lipinski definition) is 3. The van der Waals surface area contributed by atoms with E-state index < -0.39 is 12.2 Å². The summed E-state index contributed by atoms with van der Waals surface area (Å²) in [7, 11) is 0. The van der Waals surface area contributed by atoms with E-state index in [1.165, 1.54) is 0 Å². The Morgan fingerprint density at radius 1 is 1.19 bits per heavy atom. The molecule has 5 atom stereocenters. The predicted molar refractivity (Wildman–Crippen MR) is 61.7 cm³/mol. The normalized spacial score (nSPS) is 42.4. The highest BCUT2D eigenvalue weighted by atomic mass is 16.5. The highest BCUT2D eigenvalue weighted by molar-refractivity contribution is 5.10. The number of aliphatic hydroxyl groups excluding tert-OH is 2. The van der Waals surface area contributed by atoms with Gasteiger partial charge in [0.1, 0.15) is 5.60 Å². The van der Waals surface area contributed by atoms with Crippen LogP contribution in [0.25, 0.3) is 0 Å². The van der Waals surface area contributed by atoms with E-state index in [0.29, 0.717) is 0 Å². The van der Waals surface area contributed by atoms with Crippen LogP contribution in [0.4, 0.5) is 0 Å². The second kappa shape index (κ2) is 3.74. The number of allylic oxidation sites excluding steroid dienone is 1. The first-order valence-corrected chi connectivity index (χ1v) is 6.03. The van der Waals surface area contributed by atoms with Gasteiger partial charge in [0.05, 0.1) is 18.0 Å². The second-order valence-corrected chi connectivity index (χ2v) is 6.16. The monoisotopic (exact) mass is 226 g/mol. The van der Waals surface area contributed by atoms with Gasteiger partial charge in [0, 0.05) is 5.92 Å². The van der Waals surface area contributed by atoms with Crippen molar-refractivity contribution in [1.82, 2.24) is 0 Å². The van der Waals surface area contributed by atoms with Crippen LogP contribution < -0.4 is 0 Å². The number of fused-ring (bicyclic) bond motifs is 2. The largest absolute Gasteiger partial charge is 0.493 e. The van der Waals surface area contributed by atoms with Crippen molar-refractivity contribution >= 4 is 0 Å². The van der Waals surface area contributed by atoms with Crippen molar-refractivity contribution in [1.29, 1.82) is 0 Å². The Morgan fingerprint density at radius 2 is 1.81 bits per heavy atom. The molecule has 0 aliphatic heterocycles. The Labute approximate surface area is 97.1 Å². The lowest BCUT2D eigenvalue weighted by Crippen LogP contribution is -2.38. The minimum absolute atomic E-state index is 0.134. The van der Waals surface area contributed by atoms with E-state index in [0.717, 1.165) is 18.6 Å². The molecule has 0 amide bonds. The summed E-state index contributed by atoms with van der Waals surface area (Å²) in [6.07, 6.45) is 0.671. The minimum Gasteiger partial charge on any atom is -0.493 e. The summed E-state index contributed by atoms with van der Waals surface area (Å²) in [5, 5.41) is 19.6. The first kappa shape index (κ1) is 11.9. The number of rotatable bonds is 2. The lowest BCUT2D eigenvalue weighted by Gasteiger charge is -2.33. The lowest BCUT2D eigenvalue weighted by molar-refractivity contribution is -0.0470. The van der Waals surface area contributed by atoms with Crippen molar-refractivity contribution in [3.63, 3.8) is 0 Å². The van der Waals surface area contributed by atoms with Crippen molar-refractivity contribution in [2.24, 2.45) is 17.8 Å². The average Bonchev–Trinajstić information content (AvgIpc) is 2.65. The number of hydrogen-bond donors (Lipinski definition) is 2. The van der Waals surface area contributed by atoms with Gasteiger partial charge in [0.2, 0.25) is 0 Å². The van der Waals surface area contributed by atoms with Gasteiger partial charge in [-0.25, -0.2) is 0 Å². The molecule has 3 nitrogen and oxygen atoms in total. The van der Waals surface area contributed by atoms with Gasteiger partial charge in [-0.05, 0) is 45.4 Å². The molecular weight excluding hydrogens is 204 g/mol. The summed E-state index contributed by atoms with van der Waals surface area (Å²) >= 11 is 0. The van der Waals surface area contributed by atoms with Crippen LogP contribution in [-0.2, 0) is 4.74 Å². The van der Waals surface area contributed by atoms with Gasteiger partial charge in [-0.3, -0.25) is 0 Å². The van der Waals surface area contributed by atoms with Crippen LogP contribution in [0.15, 0.2) is 12.3 Å². The van der Waals surface area contributed by atoms with Crippen molar-refractivity contribution in [2.75, 3.05) is 0 Å². The topological polar surface area (TPSA) is 49.7 Å². The van der Waals surface area contributed by atoms with E-state index in [4.69, 9.17) is 4.74 Å². The summed E-state index contributed by atoms with van der Waals surface area (Å²) < 4.78 is 5.77. The second-order valence-electron chi connectivity index (χ2n) is 6.16. The molecule has 2 bridgehead atoms. The van der Waals surface area contributed by atoms with Gasteiger partial charge >= 0.3 is 0 Å². The maximum absolute atomic E-state index is 9.86. The van der Waals surface area contributed by atoms with Gasteiger partial charge in [-0.15, -0.1) is 0 Å². The molecule has 2 saturated carbocycles. The molecule has 0 aromatic carbocycles. The molecule has 0 radical (unpaired) electrons. The minimum atomic E-state index is -0.593. The molecule has 0 aromatic rings. The molecule has 2 rings (SSSR count). The highest BCUT2D eigenvalue weighted by Crippen LogP contribution is 2.51. The molecule has 3 unspecified atom stereocenters. The molecular formula is C13H22O3. The fraction of sp³-hybridized carbons (Fsp3) is 0.846. The molecule has 2 fully saturated rings. The van der Waals surface area contributed by atoms with Crippen LogP contribution in [0.2, 0.25) is 0 Å². The SMILES string of the molecule is C=C(OC(C)(C)C)C1CC2CC1[C@@H](O)[C@@H]2O. The smallest absolute Gasteiger partial charge is 0.100 e. The van der Waals surface area contributed by atoms with Gasteiger partial charge in [0.15, 0.2) is 0 Å². The van der Waals surface area contributed by atoms with Crippen molar-refractivity contribution in [2.45, 2.75) is 51.4 Å². The molecule has 92 valence electrons. The quantitative estimate of drug-likeness (QED) is 0.704. The summed E-state index contributed by atoms with van der Waals surface area (Å²) in [5.41, 5.74) is -0.234. The molecule has 2 aliphatic rings. The molecule has 16 heavy (non-hydrogen) atoms. The Kier molecular flexibility index (Phi) is 2.79. The van der Waals surface area contributed by atoms with E-state index >= 15 is 0 Å². The molecule has 0 aromatic heterocycles. The highest BCUT2D eigenvalue weighted by Gasteiger charge is 2.53. The Bertz CT molecular complexity index is 290. The van der Waals surface area contributed by atoms with Gasteiger partial charge in [-0.1, -0.05) is 6.58 Å². The standard InChI is InChI=1S/C13H22O3/c1-7(16-13(2,3)4)9-5-8-6-10(9)12(15)11(8)14/h8-12,14-15H,1,5-6H2,2-4H3/t8?,9?,10?,11-,12-/m1/s1. The Morgan fingerprint density at radius 3 is 2.25 bits per heavy atom. The number of aliphatic hydroxyl groups is 2. The van der Waals surface area contributed by atoms with Crippen LogP contribution in [0.5, 0.6) is 0 Å². The molecule has 3 heteroatoms. The maximum Gasteiger partial charge on any atom is 0.100 e. The van der Waals surface area contributed by atoms with E-state index in [9.17, 15) is 10.2 Å². The lowest BCUT2D eigenvalue weighted by atomic mass is 9.84. The summed E-state index contributed by atoms with van der Waals surface area (Å²) in [6.45, 7) is 9.98. The van der Waals surface area contributed by atoms with Crippen LogP contribution in [0.1, 0.15) is 33.6 Å². The summed E-state index contributed by atoms with van der Waals surface area (Å²) in [5.74, 6) is 1.34. The molecule has 2 N–H and O–H groups in total. The van der Waals surface area contributed by atoms with Crippen LogP contribution in [0.3, 0.4) is 0 Å². The number of ether oxygens (including phenoxy) is 1. The van der Waals surface area contributed by atoms with Crippen molar-refractivity contribution in [3.05, 3.63) is 12.3 Å². The van der Waals surface area contributed by atoms with Crippen molar-refractivity contribution < 1.29 is 14.9 Å².